The molecule has 3 aromatic rings. The van der Waals surface area contributed by atoms with Gasteiger partial charge in [-0.05, 0) is 52.3 Å². The summed E-state index contributed by atoms with van der Waals surface area (Å²) >= 11 is 3.32. The quantitative estimate of drug-likeness (QED) is 0.623. The Morgan fingerprint density at radius 1 is 1.00 bits per heavy atom. The summed E-state index contributed by atoms with van der Waals surface area (Å²) in [6, 6.07) is 15.7. The summed E-state index contributed by atoms with van der Waals surface area (Å²) in [5.74, 6) is 0.571. The van der Waals surface area contributed by atoms with Crippen molar-refractivity contribution < 1.29 is 12.8 Å². The second-order valence-corrected chi connectivity index (χ2v) is 7.86. The second-order valence-electron chi connectivity index (χ2n) is 5.10. The van der Waals surface area contributed by atoms with E-state index in [9.17, 15) is 8.42 Å². The first-order valence-electron chi connectivity index (χ1n) is 7.24. The van der Waals surface area contributed by atoms with Crippen LogP contribution in [0.1, 0.15) is 11.5 Å². The lowest BCUT2D eigenvalue weighted by molar-refractivity contribution is 0.355. The second kappa shape index (κ2) is 7.29. The molecule has 0 saturated carbocycles. The van der Waals surface area contributed by atoms with Gasteiger partial charge in [0.15, 0.2) is 0 Å². The number of sulfonamides is 1. The van der Waals surface area contributed by atoms with Crippen LogP contribution in [0.15, 0.2) is 80.8 Å². The molecule has 0 radical (unpaired) electrons. The average Bonchev–Trinajstić information content (AvgIpc) is 3.08. The van der Waals surface area contributed by atoms with Crippen molar-refractivity contribution in [3.8, 4) is 0 Å². The van der Waals surface area contributed by atoms with Gasteiger partial charge < -0.3 is 4.42 Å². The van der Waals surface area contributed by atoms with Crippen LogP contribution in [0.3, 0.4) is 0 Å². The molecule has 24 heavy (non-hydrogen) atoms. The molecule has 124 valence electrons. The van der Waals surface area contributed by atoms with Crippen molar-refractivity contribution in [3.63, 3.8) is 0 Å². The lowest BCUT2D eigenvalue weighted by Gasteiger charge is -2.21. The minimum atomic E-state index is -3.72. The van der Waals surface area contributed by atoms with Crippen molar-refractivity contribution in [1.82, 2.24) is 9.29 Å². The number of hydrogen-bond acceptors (Lipinski definition) is 4. The molecule has 1 aromatic carbocycles. The van der Waals surface area contributed by atoms with Gasteiger partial charge in [-0.3, -0.25) is 4.98 Å². The summed E-state index contributed by atoms with van der Waals surface area (Å²) in [4.78, 5) is 4.44. The Morgan fingerprint density at radius 3 is 2.46 bits per heavy atom. The zero-order chi connectivity index (χ0) is 17.0. The molecule has 0 spiro atoms. The number of hydrogen-bond donors (Lipinski definition) is 0. The van der Waals surface area contributed by atoms with Crippen molar-refractivity contribution >= 4 is 26.0 Å². The van der Waals surface area contributed by atoms with Gasteiger partial charge in [0, 0.05) is 10.7 Å². The molecular formula is C17H15BrN2O3S. The summed E-state index contributed by atoms with van der Waals surface area (Å²) < 4.78 is 33.4. The summed E-state index contributed by atoms with van der Waals surface area (Å²) in [7, 11) is -3.72. The van der Waals surface area contributed by atoms with E-state index in [0.717, 1.165) is 0 Å². The van der Waals surface area contributed by atoms with E-state index in [2.05, 4.69) is 20.9 Å². The zero-order valence-electron chi connectivity index (χ0n) is 12.7. The minimum absolute atomic E-state index is 0.132. The molecular weight excluding hydrogens is 392 g/mol. The predicted molar refractivity (Wildman–Crippen MR) is 93.5 cm³/mol. The van der Waals surface area contributed by atoms with Gasteiger partial charge in [-0.2, -0.15) is 4.31 Å². The first-order valence-corrected chi connectivity index (χ1v) is 9.47. The van der Waals surface area contributed by atoms with Crippen LogP contribution in [-0.2, 0) is 23.1 Å². The number of pyridine rings is 1. The molecule has 0 unspecified atom stereocenters. The fourth-order valence-electron chi connectivity index (χ4n) is 2.27. The Balaban J connectivity index is 1.98. The summed E-state index contributed by atoms with van der Waals surface area (Å²) in [5, 5.41) is 0. The van der Waals surface area contributed by atoms with Crippen LogP contribution in [0.4, 0.5) is 0 Å². The third-order valence-corrected chi connectivity index (χ3v) is 6.24. The molecule has 7 heteroatoms. The Hall–Kier alpha value is -1.96. The van der Waals surface area contributed by atoms with Gasteiger partial charge in [-0.25, -0.2) is 8.42 Å². The van der Waals surface area contributed by atoms with E-state index in [1.54, 1.807) is 54.7 Å². The molecule has 0 bridgehead atoms. The molecule has 0 atom stereocenters. The van der Waals surface area contributed by atoms with Crippen LogP contribution >= 0.6 is 15.9 Å². The highest BCUT2D eigenvalue weighted by atomic mass is 79.9. The van der Waals surface area contributed by atoms with Crippen LogP contribution in [-0.4, -0.2) is 17.7 Å². The van der Waals surface area contributed by atoms with Crippen LogP contribution in [0.5, 0.6) is 0 Å². The Labute approximate surface area is 149 Å². The number of aromatic nitrogens is 1. The molecule has 0 N–H and O–H groups in total. The summed E-state index contributed by atoms with van der Waals surface area (Å²) in [6.07, 6.45) is 3.17. The molecule has 3 rings (SSSR count). The van der Waals surface area contributed by atoms with E-state index in [4.69, 9.17) is 4.42 Å². The van der Waals surface area contributed by atoms with Crippen LogP contribution < -0.4 is 0 Å². The van der Waals surface area contributed by atoms with Gasteiger partial charge >= 0.3 is 0 Å². The van der Waals surface area contributed by atoms with Crippen LogP contribution in [0.25, 0.3) is 0 Å². The zero-order valence-corrected chi connectivity index (χ0v) is 15.1. The molecule has 5 nitrogen and oxygen atoms in total. The lowest BCUT2D eigenvalue weighted by atomic mass is 10.3. The Kier molecular flexibility index (Phi) is 5.13. The normalized spacial score (nSPS) is 11.8. The maximum absolute atomic E-state index is 13.1. The van der Waals surface area contributed by atoms with E-state index in [1.807, 2.05) is 6.07 Å². The van der Waals surface area contributed by atoms with Gasteiger partial charge in [0.25, 0.3) is 0 Å². The maximum atomic E-state index is 13.1. The molecule has 0 saturated heterocycles. The molecule has 0 aliphatic rings. The van der Waals surface area contributed by atoms with Crippen molar-refractivity contribution in [2.24, 2.45) is 0 Å². The predicted octanol–water partition coefficient (Wildman–Crippen LogP) is 3.83. The van der Waals surface area contributed by atoms with E-state index in [0.29, 0.717) is 15.9 Å². The molecule has 2 heterocycles. The third-order valence-electron chi connectivity index (χ3n) is 3.43. The fourth-order valence-corrected chi connectivity index (χ4v) is 4.61. The highest BCUT2D eigenvalue weighted by Gasteiger charge is 2.27. The molecule has 2 aromatic heterocycles. The summed E-state index contributed by atoms with van der Waals surface area (Å²) in [6.45, 7) is 0.290. The largest absolute Gasteiger partial charge is 0.468 e. The smallest absolute Gasteiger partial charge is 0.244 e. The third kappa shape index (κ3) is 3.75. The topological polar surface area (TPSA) is 63.4 Å². The molecule has 0 amide bonds. The number of furan rings is 1. The molecule has 0 aliphatic heterocycles. The number of benzene rings is 1. The number of halogens is 1. The fraction of sp³-hybridized carbons (Fsp3) is 0.118. The first kappa shape index (κ1) is 16.9. The highest BCUT2D eigenvalue weighted by molar-refractivity contribution is 9.10. The number of rotatable bonds is 6. The van der Waals surface area contributed by atoms with E-state index in [-0.39, 0.29) is 18.0 Å². The maximum Gasteiger partial charge on any atom is 0.244 e. The Bertz CT molecular complexity index is 897. The molecule has 0 aliphatic carbocycles. The van der Waals surface area contributed by atoms with Crippen LogP contribution in [0, 0.1) is 0 Å². The van der Waals surface area contributed by atoms with Crippen LogP contribution in [0.2, 0.25) is 0 Å². The monoisotopic (exact) mass is 406 g/mol. The average molecular weight is 407 g/mol. The standard InChI is InChI=1S/C17H15BrN2O3S/c18-16-8-1-2-9-17(16)24(21,22)20(13-15-7-5-11-23-15)12-14-6-3-4-10-19-14/h1-11H,12-13H2. The summed E-state index contributed by atoms with van der Waals surface area (Å²) in [5.41, 5.74) is 0.666. The van der Waals surface area contributed by atoms with Gasteiger partial charge in [-0.15, -0.1) is 0 Å². The van der Waals surface area contributed by atoms with Gasteiger partial charge in [0.1, 0.15) is 5.76 Å². The van der Waals surface area contributed by atoms with Crippen molar-refractivity contribution in [2.75, 3.05) is 0 Å². The van der Waals surface area contributed by atoms with E-state index < -0.39 is 10.0 Å². The van der Waals surface area contributed by atoms with Gasteiger partial charge in [-0.1, -0.05) is 18.2 Å². The Morgan fingerprint density at radius 2 is 1.79 bits per heavy atom. The van der Waals surface area contributed by atoms with E-state index in [1.165, 1.54) is 10.6 Å². The van der Waals surface area contributed by atoms with Gasteiger partial charge in [0.05, 0.1) is 29.9 Å². The van der Waals surface area contributed by atoms with Gasteiger partial charge in [0.2, 0.25) is 10.0 Å². The SMILES string of the molecule is O=S(=O)(c1ccccc1Br)N(Cc1ccccn1)Cc1ccco1. The lowest BCUT2D eigenvalue weighted by Crippen LogP contribution is -2.30. The van der Waals surface area contributed by atoms with Crippen molar-refractivity contribution in [1.29, 1.82) is 0 Å². The van der Waals surface area contributed by atoms with E-state index >= 15 is 0 Å². The number of nitrogens with zero attached hydrogens (tertiary/aromatic N) is 2. The molecule has 0 fully saturated rings. The van der Waals surface area contributed by atoms with Crippen molar-refractivity contribution in [3.05, 3.63) is 83.0 Å². The highest BCUT2D eigenvalue weighted by Crippen LogP contribution is 2.27. The van der Waals surface area contributed by atoms with Crippen molar-refractivity contribution in [2.45, 2.75) is 18.0 Å². The first-order chi connectivity index (χ1) is 11.6. The minimum Gasteiger partial charge on any atom is -0.468 e.